The van der Waals surface area contributed by atoms with E-state index in [1.165, 1.54) is 6.42 Å². The molecule has 0 aromatic heterocycles. The van der Waals surface area contributed by atoms with Crippen molar-refractivity contribution >= 4 is 33.6 Å². The fourth-order valence-electron chi connectivity index (χ4n) is 4.29. The molecule has 2 aromatic carbocycles. The predicted octanol–water partition coefficient (Wildman–Crippen LogP) is 5.35. The van der Waals surface area contributed by atoms with Gasteiger partial charge in [0.1, 0.15) is 0 Å². The molecule has 2 fully saturated rings. The second-order valence-corrected chi connectivity index (χ2v) is 9.23. The minimum Gasteiger partial charge on any atom is -0.349 e. The molecule has 2 aromatic rings. The number of rotatable bonds is 5. The number of halogens is 1. The van der Waals surface area contributed by atoms with Crippen LogP contribution in [0.5, 0.6) is 0 Å². The number of anilines is 1. The van der Waals surface area contributed by atoms with Gasteiger partial charge in [0.05, 0.1) is 12.0 Å². The third-order valence-corrected chi connectivity index (χ3v) is 6.78. The Morgan fingerprint density at radius 2 is 1.70 bits per heavy atom. The molecule has 2 atom stereocenters. The van der Waals surface area contributed by atoms with E-state index in [0.29, 0.717) is 19.0 Å². The molecule has 1 heterocycles. The van der Waals surface area contributed by atoms with Gasteiger partial charge in [0.2, 0.25) is 5.91 Å². The Hall–Kier alpha value is -2.34. The molecule has 3 amide bonds. The van der Waals surface area contributed by atoms with Crippen molar-refractivity contribution in [2.45, 2.75) is 38.1 Å². The van der Waals surface area contributed by atoms with Crippen molar-refractivity contribution in [2.75, 3.05) is 18.4 Å². The van der Waals surface area contributed by atoms with E-state index < -0.39 is 0 Å². The van der Waals surface area contributed by atoms with Crippen molar-refractivity contribution in [3.63, 3.8) is 0 Å². The minimum absolute atomic E-state index is 0.0490. The number of piperidine rings is 1. The summed E-state index contributed by atoms with van der Waals surface area (Å²) in [5, 5.41) is 6.25. The van der Waals surface area contributed by atoms with E-state index in [9.17, 15) is 9.59 Å². The average molecular weight is 470 g/mol. The highest BCUT2D eigenvalue weighted by Gasteiger charge is 2.34. The van der Waals surface area contributed by atoms with Crippen LogP contribution in [0.15, 0.2) is 59.1 Å². The molecule has 6 heteroatoms. The number of carbonyl (C=O) groups is 2. The summed E-state index contributed by atoms with van der Waals surface area (Å²) in [5.74, 6) is 0.390. The van der Waals surface area contributed by atoms with Crippen molar-refractivity contribution in [3.8, 4) is 0 Å². The van der Waals surface area contributed by atoms with E-state index in [2.05, 4.69) is 38.7 Å². The summed E-state index contributed by atoms with van der Waals surface area (Å²) in [6.07, 6.45) is 5.18. The molecule has 1 saturated carbocycles. The molecule has 2 N–H and O–H groups in total. The quantitative estimate of drug-likeness (QED) is 0.619. The number of amides is 3. The first-order chi connectivity index (χ1) is 14.6. The summed E-state index contributed by atoms with van der Waals surface area (Å²) < 4.78 is 1.04. The number of benzene rings is 2. The van der Waals surface area contributed by atoms with Crippen molar-refractivity contribution in [1.29, 1.82) is 0 Å². The van der Waals surface area contributed by atoms with E-state index in [1.807, 2.05) is 42.5 Å². The minimum atomic E-state index is -0.168. The number of carbonyl (C=O) groups excluding carboxylic acids is 2. The smallest absolute Gasteiger partial charge is 0.321 e. The molecule has 5 nitrogen and oxygen atoms in total. The van der Waals surface area contributed by atoms with Gasteiger partial charge in [-0.1, -0.05) is 52.7 Å². The molecule has 4 rings (SSSR count). The fraction of sp³-hybridized carbons (Fsp3) is 0.417. The number of hydrogen-bond acceptors (Lipinski definition) is 2. The van der Waals surface area contributed by atoms with Gasteiger partial charge in [0.15, 0.2) is 0 Å². The molecule has 0 bridgehead atoms. The number of nitrogens with one attached hydrogen (secondary N) is 2. The molecule has 2 aliphatic rings. The second kappa shape index (κ2) is 9.65. The number of hydrogen-bond donors (Lipinski definition) is 2. The lowest BCUT2D eigenvalue weighted by Crippen LogP contribution is -2.48. The van der Waals surface area contributed by atoms with Crippen LogP contribution in [0.2, 0.25) is 0 Å². The van der Waals surface area contributed by atoms with Gasteiger partial charge in [-0.05, 0) is 61.4 Å². The molecule has 1 aliphatic heterocycles. The lowest BCUT2D eigenvalue weighted by atomic mass is 9.77. The lowest BCUT2D eigenvalue weighted by molar-refractivity contribution is -0.127. The average Bonchev–Trinajstić information content (AvgIpc) is 2.73. The first-order valence-electron chi connectivity index (χ1n) is 10.8. The standard InChI is InChI=1S/C24H28BrN3O2/c25-20-13-11-18(12-14-20)22(17-6-4-7-17)27-23(29)19-8-5-15-28(16-19)24(30)26-21-9-2-1-3-10-21/h1-3,9-14,17,19,22H,4-8,15-16H2,(H,26,30)(H,27,29). The molecular weight excluding hydrogens is 442 g/mol. The monoisotopic (exact) mass is 469 g/mol. The van der Waals surface area contributed by atoms with Gasteiger partial charge < -0.3 is 15.5 Å². The van der Waals surface area contributed by atoms with Gasteiger partial charge in [-0.25, -0.2) is 4.79 Å². The maximum absolute atomic E-state index is 13.1. The first kappa shape index (κ1) is 20.9. The zero-order chi connectivity index (χ0) is 20.9. The molecule has 2 unspecified atom stereocenters. The highest BCUT2D eigenvalue weighted by atomic mass is 79.9. The third-order valence-electron chi connectivity index (χ3n) is 6.25. The highest BCUT2D eigenvalue weighted by Crippen LogP contribution is 2.38. The van der Waals surface area contributed by atoms with Gasteiger partial charge in [0, 0.05) is 23.2 Å². The van der Waals surface area contributed by atoms with Gasteiger partial charge in [-0.2, -0.15) is 0 Å². The SMILES string of the molecule is O=C(NC(c1ccc(Br)cc1)C1CCC1)C1CCCN(C(=O)Nc2ccccc2)C1. The summed E-state index contributed by atoms with van der Waals surface area (Å²) in [7, 11) is 0. The number of urea groups is 1. The van der Waals surface area contributed by atoms with E-state index >= 15 is 0 Å². The summed E-state index contributed by atoms with van der Waals surface area (Å²) in [5.41, 5.74) is 1.93. The first-order valence-corrected chi connectivity index (χ1v) is 11.6. The topological polar surface area (TPSA) is 61.4 Å². The zero-order valence-electron chi connectivity index (χ0n) is 17.0. The molecule has 1 aliphatic carbocycles. The van der Waals surface area contributed by atoms with Crippen LogP contribution in [0.25, 0.3) is 0 Å². The van der Waals surface area contributed by atoms with Gasteiger partial charge in [-0.3, -0.25) is 4.79 Å². The van der Waals surface area contributed by atoms with Crippen LogP contribution in [0.3, 0.4) is 0 Å². The van der Waals surface area contributed by atoms with E-state index in [0.717, 1.165) is 41.4 Å². The zero-order valence-corrected chi connectivity index (χ0v) is 18.6. The number of para-hydroxylation sites is 1. The Morgan fingerprint density at radius 1 is 0.967 bits per heavy atom. The van der Waals surface area contributed by atoms with Crippen LogP contribution in [0.4, 0.5) is 10.5 Å². The van der Waals surface area contributed by atoms with Gasteiger partial charge in [-0.15, -0.1) is 0 Å². The van der Waals surface area contributed by atoms with Crippen molar-refractivity contribution in [1.82, 2.24) is 10.2 Å². The van der Waals surface area contributed by atoms with E-state index in [1.54, 1.807) is 4.90 Å². The van der Waals surface area contributed by atoms with Gasteiger partial charge in [0.25, 0.3) is 0 Å². The predicted molar refractivity (Wildman–Crippen MR) is 122 cm³/mol. The number of likely N-dealkylation sites (tertiary alicyclic amines) is 1. The van der Waals surface area contributed by atoms with Crippen LogP contribution >= 0.6 is 15.9 Å². The normalized spacial score (nSPS) is 20.2. The Morgan fingerprint density at radius 3 is 2.37 bits per heavy atom. The maximum atomic E-state index is 13.1. The summed E-state index contributed by atoms with van der Waals surface area (Å²) in [6, 6.07) is 17.6. The van der Waals surface area contributed by atoms with Crippen LogP contribution in [0.1, 0.15) is 43.7 Å². The second-order valence-electron chi connectivity index (χ2n) is 8.31. The molecule has 0 radical (unpaired) electrons. The molecule has 1 saturated heterocycles. The van der Waals surface area contributed by atoms with Crippen LogP contribution in [0, 0.1) is 11.8 Å². The van der Waals surface area contributed by atoms with Crippen LogP contribution in [-0.2, 0) is 4.79 Å². The maximum Gasteiger partial charge on any atom is 0.321 e. The highest BCUT2D eigenvalue weighted by molar-refractivity contribution is 9.10. The lowest BCUT2D eigenvalue weighted by Gasteiger charge is -2.37. The molecular formula is C24H28BrN3O2. The Kier molecular flexibility index (Phi) is 6.72. The number of nitrogens with zero attached hydrogens (tertiary/aromatic N) is 1. The van der Waals surface area contributed by atoms with E-state index in [4.69, 9.17) is 0 Å². The fourth-order valence-corrected chi connectivity index (χ4v) is 4.55. The van der Waals surface area contributed by atoms with Crippen molar-refractivity contribution in [2.24, 2.45) is 11.8 Å². The van der Waals surface area contributed by atoms with Crippen molar-refractivity contribution in [3.05, 3.63) is 64.6 Å². The summed E-state index contributed by atoms with van der Waals surface area (Å²) in [4.78, 5) is 27.6. The molecule has 30 heavy (non-hydrogen) atoms. The van der Waals surface area contributed by atoms with Crippen molar-refractivity contribution < 1.29 is 9.59 Å². The Labute approximate surface area is 186 Å². The Balaban J connectivity index is 1.39. The largest absolute Gasteiger partial charge is 0.349 e. The van der Waals surface area contributed by atoms with Crippen LogP contribution in [-0.4, -0.2) is 29.9 Å². The molecule has 158 valence electrons. The summed E-state index contributed by atoms with van der Waals surface area (Å²) >= 11 is 3.49. The molecule has 0 spiro atoms. The Bertz CT molecular complexity index is 868. The van der Waals surface area contributed by atoms with Crippen LogP contribution < -0.4 is 10.6 Å². The summed E-state index contributed by atoms with van der Waals surface area (Å²) in [6.45, 7) is 1.14. The van der Waals surface area contributed by atoms with E-state index in [-0.39, 0.29) is 23.9 Å². The van der Waals surface area contributed by atoms with Gasteiger partial charge >= 0.3 is 6.03 Å². The third kappa shape index (κ3) is 5.04.